The number of ketones is 1. The minimum Gasteiger partial charge on any atom is -0.350 e. The smallest absolute Gasteiger partial charge is 0.220 e. The van der Waals surface area contributed by atoms with E-state index in [0.29, 0.717) is 5.56 Å². The van der Waals surface area contributed by atoms with Crippen LogP contribution in [-0.4, -0.2) is 11.7 Å². The first kappa shape index (κ1) is 16.9. The number of aryl methyl sites for hydroxylation is 1. The predicted molar refractivity (Wildman–Crippen MR) is 92.4 cm³/mol. The van der Waals surface area contributed by atoms with Crippen LogP contribution in [0, 0.1) is 0 Å². The lowest BCUT2D eigenvalue weighted by Gasteiger charge is -2.14. The van der Waals surface area contributed by atoms with Gasteiger partial charge in [0.05, 0.1) is 6.04 Å². The number of rotatable bonds is 7. The third kappa shape index (κ3) is 5.06. The van der Waals surface area contributed by atoms with Gasteiger partial charge in [-0.05, 0) is 24.5 Å². The van der Waals surface area contributed by atoms with Crippen LogP contribution in [0.2, 0.25) is 0 Å². The highest BCUT2D eigenvalue weighted by atomic mass is 16.2. The summed E-state index contributed by atoms with van der Waals surface area (Å²) in [6.07, 6.45) is 1.45. The summed E-state index contributed by atoms with van der Waals surface area (Å²) in [7, 11) is 0. The number of benzene rings is 2. The highest BCUT2D eigenvalue weighted by Gasteiger charge is 2.12. The molecular weight excluding hydrogens is 286 g/mol. The van der Waals surface area contributed by atoms with E-state index in [1.807, 2.05) is 37.3 Å². The number of hydrogen-bond acceptors (Lipinski definition) is 2. The molecule has 120 valence electrons. The molecule has 2 aromatic rings. The van der Waals surface area contributed by atoms with Gasteiger partial charge in [-0.2, -0.15) is 0 Å². The van der Waals surface area contributed by atoms with Gasteiger partial charge in [0.15, 0.2) is 5.78 Å². The normalized spacial score (nSPS) is 11.7. The third-order valence-corrected chi connectivity index (χ3v) is 3.94. The largest absolute Gasteiger partial charge is 0.350 e. The van der Waals surface area contributed by atoms with Crippen molar-refractivity contribution in [3.8, 4) is 0 Å². The molecule has 0 fully saturated rings. The molecule has 2 aromatic carbocycles. The molecule has 0 saturated carbocycles. The Labute approximate surface area is 137 Å². The van der Waals surface area contributed by atoms with Crippen molar-refractivity contribution >= 4 is 11.7 Å². The van der Waals surface area contributed by atoms with E-state index in [2.05, 4.69) is 24.4 Å². The fraction of sp³-hybridized carbons (Fsp3) is 0.300. The van der Waals surface area contributed by atoms with Gasteiger partial charge in [-0.1, -0.05) is 61.5 Å². The van der Waals surface area contributed by atoms with Gasteiger partial charge in [0.1, 0.15) is 0 Å². The van der Waals surface area contributed by atoms with Gasteiger partial charge in [-0.15, -0.1) is 0 Å². The van der Waals surface area contributed by atoms with E-state index < -0.39 is 0 Å². The molecule has 0 heterocycles. The number of Topliss-reactive ketones (excluding diaryl/α,β-unsaturated/α-hetero) is 1. The van der Waals surface area contributed by atoms with Crippen LogP contribution in [0.5, 0.6) is 0 Å². The quantitative estimate of drug-likeness (QED) is 0.783. The Morgan fingerprint density at radius 1 is 0.957 bits per heavy atom. The Bertz CT molecular complexity index is 647. The maximum Gasteiger partial charge on any atom is 0.220 e. The molecule has 3 nitrogen and oxygen atoms in total. The monoisotopic (exact) mass is 309 g/mol. The summed E-state index contributed by atoms with van der Waals surface area (Å²) in [5, 5.41) is 2.95. The standard InChI is InChI=1S/C20H23NO2/c1-3-16-9-11-17(12-10-16)15(2)21-20(23)14-13-19(22)18-7-5-4-6-8-18/h4-12,15H,3,13-14H2,1-2H3,(H,21,23). The number of nitrogens with one attached hydrogen (secondary N) is 1. The van der Waals surface area contributed by atoms with Crippen molar-refractivity contribution in [3.05, 3.63) is 71.3 Å². The van der Waals surface area contributed by atoms with Crippen LogP contribution in [-0.2, 0) is 11.2 Å². The molecule has 1 amide bonds. The highest BCUT2D eigenvalue weighted by Crippen LogP contribution is 2.14. The molecule has 1 unspecified atom stereocenters. The first-order chi connectivity index (χ1) is 11.1. The predicted octanol–water partition coefficient (Wildman–Crippen LogP) is 4.09. The van der Waals surface area contributed by atoms with Crippen LogP contribution in [0.15, 0.2) is 54.6 Å². The minimum atomic E-state index is -0.0960. The Hall–Kier alpha value is -2.42. The lowest BCUT2D eigenvalue weighted by molar-refractivity contribution is -0.121. The maximum atomic E-state index is 12.0. The second kappa shape index (κ2) is 8.28. The van der Waals surface area contributed by atoms with E-state index >= 15 is 0 Å². The van der Waals surface area contributed by atoms with E-state index in [1.165, 1.54) is 5.56 Å². The average molecular weight is 309 g/mol. The van der Waals surface area contributed by atoms with Gasteiger partial charge in [-0.3, -0.25) is 9.59 Å². The first-order valence-electron chi connectivity index (χ1n) is 8.06. The maximum absolute atomic E-state index is 12.0. The van der Waals surface area contributed by atoms with Crippen LogP contribution in [0.25, 0.3) is 0 Å². The summed E-state index contributed by atoms with van der Waals surface area (Å²) in [5.74, 6) is -0.0953. The molecule has 23 heavy (non-hydrogen) atoms. The number of amides is 1. The van der Waals surface area contributed by atoms with Gasteiger partial charge < -0.3 is 5.32 Å². The van der Waals surface area contributed by atoms with Crippen molar-refractivity contribution in [2.24, 2.45) is 0 Å². The van der Waals surface area contributed by atoms with Gasteiger partial charge in [0.2, 0.25) is 5.91 Å². The first-order valence-corrected chi connectivity index (χ1v) is 8.06. The fourth-order valence-electron chi connectivity index (χ4n) is 2.43. The summed E-state index contributed by atoms with van der Waals surface area (Å²) in [5.41, 5.74) is 3.01. The summed E-state index contributed by atoms with van der Waals surface area (Å²) in [6, 6.07) is 17.3. The Morgan fingerprint density at radius 2 is 1.61 bits per heavy atom. The Kier molecular flexibility index (Phi) is 6.10. The van der Waals surface area contributed by atoms with Crippen LogP contribution < -0.4 is 5.32 Å². The molecular formula is C20H23NO2. The molecule has 1 N–H and O–H groups in total. The molecule has 0 radical (unpaired) electrons. The van der Waals surface area contributed by atoms with Gasteiger partial charge >= 0.3 is 0 Å². The van der Waals surface area contributed by atoms with Crippen molar-refractivity contribution in [3.63, 3.8) is 0 Å². The molecule has 0 aliphatic heterocycles. The van der Waals surface area contributed by atoms with Crippen LogP contribution >= 0.6 is 0 Å². The topological polar surface area (TPSA) is 46.2 Å². The fourth-order valence-corrected chi connectivity index (χ4v) is 2.43. The van der Waals surface area contributed by atoms with E-state index in [4.69, 9.17) is 0 Å². The molecule has 0 aliphatic carbocycles. The van der Waals surface area contributed by atoms with E-state index in [9.17, 15) is 9.59 Å². The SMILES string of the molecule is CCc1ccc(C(C)NC(=O)CCC(=O)c2ccccc2)cc1. The second-order valence-corrected chi connectivity index (χ2v) is 5.67. The molecule has 2 rings (SSSR count). The number of carbonyl (C=O) groups excluding carboxylic acids is 2. The zero-order valence-corrected chi connectivity index (χ0v) is 13.7. The van der Waals surface area contributed by atoms with E-state index in [0.717, 1.165) is 12.0 Å². The van der Waals surface area contributed by atoms with E-state index in [1.54, 1.807) is 12.1 Å². The zero-order valence-electron chi connectivity index (χ0n) is 13.7. The van der Waals surface area contributed by atoms with Crippen LogP contribution in [0.4, 0.5) is 0 Å². The van der Waals surface area contributed by atoms with Gasteiger partial charge in [-0.25, -0.2) is 0 Å². The second-order valence-electron chi connectivity index (χ2n) is 5.67. The zero-order chi connectivity index (χ0) is 16.7. The molecule has 0 aromatic heterocycles. The van der Waals surface area contributed by atoms with Crippen molar-refractivity contribution < 1.29 is 9.59 Å². The van der Waals surface area contributed by atoms with Crippen molar-refractivity contribution in [2.75, 3.05) is 0 Å². The number of hydrogen-bond donors (Lipinski definition) is 1. The minimum absolute atomic E-state index is 0.000650. The Balaban J connectivity index is 1.83. The van der Waals surface area contributed by atoms with Crippen LogP contribution in [0.1, 0.15) is 54.2 Å². The lowest BCUT2D eigenvalue weighted by atomic mass is 10.0. The van der Waals surface area contributed by atoms with E-state index in [-0.39, 0.29) is 30.6 Å². The van der Waals surface area contributed by atoms with Gasteiger partial charge in [0, 0.05) is 18.4 Å². The van der Waals surface area contributed by atoms with Crippen molar-refractivity contribution in [1.82, 2.24) is 5.32 Å². The van der Waals surface area contributed by atoms with Gasteiger partial charge in [0.25, 0.3) is 0 Å². The summed E-state index contributed by atoms with van der Waals surface area (Å²) in [4.78, 5) is 24.0. The average Bonchev–Trinajstić information content (AvgIpc) is 2.60. The summed E-state index contributed by atoms with van der Waals surface area (Å²) >= 11 is 0. The highest BCUT2D eigenvalue weighted by molar-refractivity contribution is 5.97. The lowest BCUT2D eigenvalue weighted by Crippen LogP contribution is -2.26. The van der Waals surface area contributed by atoms with Crippen LogP contribution in [0.3, 0.4) is 0 Å². The third-order valence-electron chi connectivity index (χ3n) is 3.94. The summed E-state index contributed by atoms with van der Waals surface area (Å²) < 4.78 is 0. The molecule has 3 heteroatoms. The van der Waals surface area contributed by atoms with Crippen molar-refractivity contribution in [1.29, 1.82) is 0 Å². The molecule has 0 aliphatic rings. The summed E-state index contributed by atoms with van der Waals surface area (Å²) in [6.45, 7) is 4.07. The molecule has 0 saturated heterocycles. The molecule has 1 atom stereocenters. The number of carbonyl (C=O) groups is 2. The van der Waals surface area contributed by atoms with Crippen molar-refractivity contribution in [2.45, 2.75) is 39.2 Å². The molecule has 0 bridgehead atoms. The molecule has 0 spiro atoms. The Morgan fingerprint density at radius 3 is 2.22 bits per heavy atom.